The number of aromatic nitrogens is 1. The van der Waals surface area contributed by atoms with E-state index in [9.17, 15) is 19.5 Å². The van der Waals surface area contributed by atoms with Gasteiger partial charge in [-0.3, -0.25) is 19.8 Å². The molecule has 0 bridgehead atoms. The predicted molar refractivity (Wildman–Crippen MR) is 182 cm³/mol. The SMILES string of the molecule is COc1ccccc1CN(C)C(=O)C(Cc1ccccc1)N(C(=O)OC(C)(C)C)C(C)N[C@H](CC(=O)O)Cc1c[nH]c2ccccc12. The van der Waals surface area contributed by atoms with Gasteiger partial charge in [-0.25, -0.2) is 4.79 Å². The average molecular weight is 643 g/mol. The lowest BCUT2D eigenvalue weighted by Crippen LogP contribution is -2.60. The standard InChI is InChI=1S/C37H46N4O6/c1-25(39-29(22-34(42)43)21-28-23-38-31-18-12-11-17-30(28)31)41(36(45)47-37(2,3)4)32(20-26-14-8-7-9-15-26)35(44)40(5)24-27-16-10-13-19-33(27)46-6/h7-19,23,25,29,32,38-39H,20-22,24H2,1-6H3,(H,42,43)/t25?,29-,32?/m0/s1. The number of rotatable bonds is 14. The highest BCUT2D eigenvalue weighted by atomic mass is 16.6. The van der Waals surface area contributed by atoms with E-state index in [4.69, 9.17) is 9.47 Å². The highest BCUT2D eigenvalue weighted by molar-refractivity contribution is 5.86. The van der Waals surface area contributed by atoms with Crippen LogP contribution in [0, 0.1) is 0 Å². The zero-order valence-corrected chi connectivity index (χ0v) is 28.0. The van der Waals surface area contributed by atoms with Gasteiger partial charge < -0.3 is 24.5 Å². The summed E-state index contributed by atoms with van der Waals surface area (Å²) in [6.45, 7) is 7.33. The van der Waals surface area contributed by atoms with Crippen molar-refractivity contribution in [1.29, 1.82) is 0 Å². The summed E-state index contributed by atoms with van der Waals surface area (Å²) in [6.07, 6.45) is 0.819. The van der Waals surface area contributed by atoms with Crippen molar-refractivity contribution in [3.63, 3.8) is 0 Å². The molecule has 4 rings (SSSR count). The third kappa shape index (κ3) is 9.59. The molecule has 0 saturated carbocycles. The van der Waals surface area contributed by atoms with Gasteiger partial charge in [-0.2, -0.15) is 0 Å². The van der Waals surface area contributed by atoms with Crippen LogP contribution >= 0.6 is 0 Å². The van der Waals surface area contributed by atoms with Crippen LogP contribution in [0.3, 0.4) is 0 Å². The van der Waals surface area contributed by atoms with Gasteiger partial charge in [0.15, 0.2) is 0 Å². The van der Waals surface area contributed by atoms with Crippen molar-refractivity contribution in [1.82, 2.24) is 20.1 Å². The second kappa shape index (κ2) is 15.6. The number of aromatic amines is 1. The number of nitrogens with zero attached hydrogens (tertiary/aromatic N) is 2. The average Bonchev–Trinajstić information content (AvgIpc) is 3.42. The molecule has 3 aromatic carbocycles. The molecule has 0 radical (unpaired) electrons. The van der Waals surface area contributed by atoms with Gasteiger partial charge in [0, 0.05) is 48.7 Å². The minimum absolute atomic E-state index is 0.197. The van der Waals surface area contributed by atoms with Crippen LogP contribution in [0.2, 0.25) is 0 Å². The van der Waals surface area contributed by atoms with E-state index in [2.05, 4.69) is 10.3 Å². The van der Waals surface area contributed by atoms with E-state index in [1.807, 2.05) is 85.1 Å². The lowest BCUT2D eigenvalue weighted by atomic mass is 10.0. The van der Waals surface area contributed by atoms with E-state index >= 15 is 0 Å². The Morgan fingerprint density at radius 1 is 0.915 bits per heavy atom. The first-order chi connectivity index (χ1) is 22.4. The summed E-state index contributed by atoms with van der Waals surface area (Å²) in [6, 6.07) is 23.3. The second-order valence-corrected chi connectivity index (χ2v) is 12.8. The van der Waals surface area contributed by atoms with E-state index in [-0.39, 0.29) is 25.3 Å². The Morgan fingerprint density at radius 2 is 1.57 bits per heavy atom. The fourth-order valence-corrected chi connectivity index (χ4v) is 5.82. The normalized spacial score (nSPS) is 13.4. The van der Waals surface area contributed by atoms with Crippen LogP contribution in [0.15, 0.2) is 85.1 Å². The van der Waals surface area contributed by atoms with E-state index in [1.165, 1.54) is 4.90 Å². The van der Waals surface area contributed by atoms with Gasteiger partial charge in [0.05, 0.1) is 19.7 Å². The molecule has 2 amide bonds. The maximum atomic E-state index is 14.4. The maximum Gasteiger partial charge on any atom is 0.412 e. The largest absolute Gasteiger partial charge is 0.496 e. The maximum absolute atomic E-state index is 14.4. The molecule has 1 aromatic heterocycles. The minimum Gasteiger partial charge on any atom is -0.496 e. The van der Waals surface area contributed by atoms with E-state index in [0.29, 0.717) is 12.2 Å². The number of hydrogen-bond donors (Lipinski definition) is 3. The lowest BCUT2D eigenvalue weighted by Gasteiger charge is -2.40. The summed E-state index contributed by atoms with van der Waals surface area (Å²) in [5.74, 6) is -0.628. The fourth-order valence-electron chi connectivity index (χ4n) is 5.82. The number of benzene rings is 3. The molecular weight excluding hydrogens is 596 g/mol. The van der Waals surface area contributed by atoms with E-state index in [1.54, 1.807) is 46.8 Å². The summed E-state index contributed by atoms with van der Waals surface area (Å²) >= 11 is 0. The highest BCUT2D eigenvalue weighted by Crippen LogP contribution is 2.24. The molecule has 2 unspecified atom stereocenters. The molecule has 0 saturated heterocycles. The quantitative estimate of drug-likeness (QED) is 0.144. The monoisotopic (exact) mass is 642 g/mol. The fraction of sp³-hybridized carbons (Fsp3) is 0.378. The highest BCUT2D eigenvalue weighted by Gasteiger charge is 2.39. The number of methoxy groups -OCH3 is 1. The molecule has 0 fully saturated rings. The minimum atomic E-state index is -0.980. The summed E-state index contributed by atoms with van der Waals surface area (Å²) < 4.78 is 11.4. The Kier molecular flexibility index (Phi) is 11.7. The van der Waals surface area contributed by atoms with Crippen LogP contribution in [0.5, 0.6) is 5.75 Å². The number of H-pyrrole nitrogens is 1. The van der Waals surface area contributed by atoms with Crippen molar-refractivity contribution >= 4 is 28.9 Å². The van der Waals surface area contributed by atoms with Crippen molar-refractivity contribution in [2.75, 3.05) is 14.2 Å². The molecule has 1 heterocycles. The number of nitrogens with one attached hydrogen (secondary N) is 2. The Balaban J connectivity index is 1.71. The molecule has 10 heteroatoms. The van der Waals surface area contributed by atoms with Crippen molar-refractivity contribution in [2.45, 2.75) is 77.4 Å². The summed E-state index contributed by atoms with van der Waals surface area (Å²) in [5.41, 5.74) is 2.73. The Morgan fingerprint density at radius 3 is 2.26 bits per heavy atom. The number of hydrogen-bond acceptors (Lipinski definition) is 6. The molecule has 0 aliphatic carbocycles. The molecule has 3 N–H and O–H groups in total. The van der Waals surface area contributed by atoms with Crippen molar-refractivity contribution < 1.29 is 29.0 Å². The third-order valence-corrected chi connectivity index (χ3v) is 7.93. The molecule has 10 nitrogen and oxygen atoms in total. The van der Waals surface area contributed by atoms with Crippen molar-refractivity contribution in [3.05, 3.63) is 102 Å². The Bertz CT molecular complexity index is 1650. The summed E-state index contributed by atoms with van der Waals surface area (Å²) in [5, 5.41) is 14.2. The number of carboxylic acid groups (broad SMARTS) is 1. The molecule has 250 valence electrons. The number of carbonyl (C=O) groups excluding carboxylic acids is 2. The van der Waals surface area contributed by atoms with Gasteiger partial charge >= 0.3 is 12.1 Å². The van der Waals surface area contributed by atoms with Gasteiger partial charge in [-0.05, 0) is 57.4 Å². The Hall–Kier alpha value is -4.83. The first-order valence-electron chi connectivity index (χ1n) is 15.8. The first-order valence-corrected chi connectivity index (χ1v) is 15.8. The predicted octanol–water partition coefficient (Wildman–Crippen LogP) is 6.00. The molecule has 0 aliphatic heterocycles. The van der Waals surface area contributed by atoms with Crippen molar-refractivity contribution in [2.24, 2.45) is 0 Å². The zero-order valence-electron chi connectivity index (χ0n) is 28.0. The first kappa shape index (κ1) is 35.0. The summed E-state index contributed by atoms with van der Waals surface area (Å²) in [7, 11) is 3.28. The number of para-hydroxylation sites is 2. The number of likely N-dealkylation sites (N-methyl/N-ethyl adjacent to an activating group) is 1. The smallest absolute Gasteiger partial charge is 0.412 e. The van der Waals surface area contributed by atoms with Crippen LogP contribution < -0.4 is 10.1 Å². The van der Waals surface area contributed by atoms with Gasteiger partial charge in [-0.1, -0.05) is 66.7 Å². The number of fused-ring (bicyclic) bond motifs is 1. The molecule has 0 spiro atoms. The van der Waals surface area contributed by atoms with E-state index in [0.717, 1.165) is 27.6 Å². The number of amides is 2. The number of carbonyl (C=O) groups is 3. The van der Waals surface area contributed by atoms with Crippen LogP contribution in [0.4, 0.5) is 4.79 Å². The van der Waals surface area contributed by atoms with Gasteiger partial charge in [-0.15, -0.1) is 0 Å². The third-order valence-electron chi connectivity index (χ3n) is 7.93. The number of ether oxygens (including phenoxy) is 2. The Labute approximate surface area is 276 Å². The molecular formula is C37H46N4O6. The van der Waals surface area contributed by atoms with Crippen molar-refractivity contribution in [3.8, 4) is 5.75 Å². The molecule has 3 atom stereocenters. The summed E-state index contributed by atoms with van der Waals surface area (Å²) in [4.78, 5) is 46.8. The molecule has 47 heavy (non-hydrogen) atoms. The van der Waals surface area contributed by atoms with Gasteiger partial charge in [0.1, 0.15) is 17.4 Å². The molecule has 4 aromatic rings. The molecule has 0 aliphatic rings. The lowest BCUT2D eigenvalue weighted by molar-refractivity contribution is -0.139. The van der Waals surface area contributed by atoms with E-state index < -0.39 is 35.9 Å². The van der Waals surface area contributed by atoms with Crippen LogP contribution in [0.25, 0.3) is 10.9 Å². The number of aliphatic carboxylic acids is 1. The van der Waals surface area contributed by atoms with Crippen LogP contribution in [-0.4, -0.2) is 75.9 Å². The number of carboxylic acids is 1. The second-order valence-electron chi connectivity index (χ2n) is 12.8. The van der Waals surface area contributed by atoms with Gasteiger partial charge in [0.2, 0.25) is 5.91 Å². The topological polar surface area (TPSA) is 124 Å². The van der Waals surface area contributed by atoms with Crippen LogP contribution in [-0.2, 0) is 33.7 Å². The van der Waals surface area contributed by atoms with Gasteiger partial charge in [0.25, 0.3) is 0 Å². The van der Waals surface area contributed by atoms with Crippen LogP contribution in [0.1, 0.15) is 50.8 Å². The zero-order chi connectivity index (χ0) is 34.1.